The smallest absolute Gasteiger partial charge is 0.239 e. The quantitative estimate of drug-likeness (QED) is 0.757. The van der Waals surface area contributed by atoms with E-state index in [-0.39, 0.29) is 18.6 Å². The Bertz CT molecular complexity index is 384. The van der Waals surface area contributed by atoms with Gasteiger partial charge in [0.1, 0.15) is 6.04 Å². The Labute approximate surface area is 114 Å². The molecular formula is C14H23N3O2. The highest BCUT2D eigenvalue weighted by Crippen LogP contribution is 2.13. The van der Waals surface area contributed by atoms with Crippen molar-refractivity contribution in [3.63, 3.8) is 0 Å². The van der Waals surface area contributed by atoms with E-state index < -0.39 is 6.04 Å². The Morgan fingerprint density at radius 1 is 1.42 bits per heavy atom. The van der Waals surface area contributed by atoms with E-state index in [2.05, 4.69) is 17.1 Å². The first kappa shape index (κ1) is 15.5. The van der Waals surface area contributed by atoms with Crippen molar-refractivity contribution >= 4 is 11.6 Å². The Balaban J connectivity index is 2.43. The summed E-state index contributed by atoms with van der Waals surface area (Å²) in [6.07, 6.45) is 0. The lowest BCUT2D eigenvalue weighted by Crippen LogP contribution is -2.47. The number of benzene rings is 1. The van der Waals surface area contributed by atoms with Crippen LogP contribution in [0.2, 0.25) is 0 Å². The second-order valence-electron chi connectivity index (χ2n) is 4.60. The number of ether oxygens (including phenoxy) is 1. The molecule has 5 heteroatoms. The zero-order valence-corrected chi connectivity index (χ0v) is 11.8. The maximum atomic E-state index is 11.7. The van der Waals surface area contributed by atoms with Gasteiger partial charge in [-0.25, -0.2) is 0 Å². The van der Waals surface area contributed by atoms with Gasteiger partial charge in [-0.3, -0.25) is 4.79 Å². The van der Waals surface area contributed by atoms with Crippen LogP contribution in [0.15, 0.2) is 30.3 Å². The molecule has 0 fully saturated rings. The predicted octanol–water partition coefficient (Wildman–Crippen LogP) is 0.601. The van der Waals surface area contributed by atoms with Gasteiger partial charge in [0.2, 0.25) is 5.91 Å². The van der Waals surface area contributed by atoms with Crippen molar-refractivity contribution in [3.05, 3.63) is 30.3 Å². The summed E-state index contributed by atoms with van der Waals surface area (Å²) < 4.78 is 4.85. The maximum Gasteiger partial charge on any atom is 0.239 e. The van der Waals surface area contributed by atoms with Crippen LogP contribution in [-0.4, -0.2) is 45.3 Å². The van der Waals surface area contributed by atoms with Gasteiger partial charge in [-0.1, -0.05) is 18.2 Å². The van der Waals surface area contributed by atoms with Gasteiger partial charge >= 0.3 is 0 Å². The molecule has 1 amide bonds. The summed E-state index contributed by atoms with van der Waals surface area (Å²) in [5.41, 5.74) is 6.77. The molecule has 1 rings (SSSR count). The first-order valence-electron chi connectivity index (χ1n) is 6.36. The largest absolute Gasteiger partial charge is 0.383 e. The van der Waals surface area contributed by atoms with Crippen LogP contribution in [-0.2, 0) is 9.53 Å². The number of para-hydroxylation sites is 1. The highest BCUT2D eigenvalue weighted by atomic mass is 16.5. The zero-order chi connectivity index (χ0) is 14.3. The summed E-state index contributed by atoms with van der Waals surface area (Å²) >= 11 is 0. The van der Waals surface area contributed by atoms with Crippen LogP contribution in [0.25, 0.3) is 0 Å². The molecule has 2 unspecified atom stereocenters. The SMILES string of the molecule is COCC(N)C(=O)NCC(C)N(C)c1ccccc1. The summed E-state index contributed by atoms with van der Waals surface area (Å²) in [6.45, 7) is 2.82. The Hall–Kier alpha value is -1.59. The molecule has 0 aliphatic rings. The van der Waals surface area contributed by atoms with Crippen molar-refractivity contribution in [2.24, 2.45) is 5.73 Å². The van der Waals surface area contributed by atoms with Gasteiger partial charge in [0, 0.05) is 32.4 Å². The highest BCUT2D eigenvalue weighted by Gasteiger charge is 2.15. The number of anilines is 1. The molecule has 1 aromatic rings. The standard InChI is InChI=1S/C14H23N3O2/c1-11(9-16-14(18)13(15)10-19-3)17(2)12-7-5-4-6-8-12/h4-8,11,13H,9-10,15H2,1-3H3,(H,16,18). The molecule has 0 spiro atoms. The lowest BCUT2D eigenvalue weighted by Gasteiger charge is -2.27. The third-order valence-electron chi connectivity index (χ3n) is 3.08. The van der Waals surface area contributed by atoms with Crippen LogP contribution in [0.5, 0.6) is 0 Å². The first-order chi connectivity index (χ1) is 9.06. The fraction of sp³-hybridized carbons (Fsp3) is 0.500. The number of hydrogen-bond donors (Lipinski definition) is 2. The van der Waals surface area contributed by atoms with Crippen molar-refractivity contribution in [2.75, 3.05) is 32.2 Å². The van der Waals surface area contributed by atoms with Gasteiger partial charge < -0.3 is 20.7 Å². The predicted molar refractivity (Wildman–Crippen MR) is 77.2 cm³/mol. The average molecular weight is 265 g/mol. The Morgan fingerprint density at radius 3 is 2.63 bits per heavy atom. The maximum absolute atomic E-state index is 11.7. The number of nitrogens with one attached hydrogen (secondary N) is 1. The van der Waals surface area contributed by atoms with E-state index in [1.807, 2.05) is 37.4 Å². The van der Waals surface area contributed by atoms with Crippen LogP contribution in [0.1, 0.15) is 6.92 Å². The van der Waals surface area contributed by atoms with Crippen molar-refractivity contribution in [3.8, 4) is 0 Å². The number of carbonyl (C=O) groups is 1. The summed E-state index contributed by atoms with van der Waals surface area (Å²) in [5.74, 6) is -0.185. The molecule has 2 atom stereocenters. The zero-order valence-electron chi connectivity index (χ0n) is 11.8. The second kappa shape index (κ2) is 7.76. The normalized spacial score (nSPS) is 13.7. The van der Waals surface area contributed by atoms with Crippen molar-refractivity contribution in [1.82, 2.24) is 5.32 Å². The average Bonchev–Trinajstić information content (AvgIpc) is 2.44. The molecule has 0 aliphatic carbocycles. The van der Waals surface area contributed by atoms with Gasteiger partial charge in [-0.15, -0.1) is 0 Å². The molecule has 0 aliphatic heterocycles. The Morgan fingerprint density at radius 2 is 2.05 bits per heavy atom. The summed E-state index contributed by atoms with van der Waals surface area (Å²) in [4.78, 5) is 13.8. The van der Waals surface area contributed by atoms with Crippen molar-refractivity contribution in [1.29, 1.82) is 0 Å². The summed E-state index contributed by atoms with van der Waals surface area (Å²) in [5, 5.41) is 2.83. The molecule has 1 aromatic carbocycles. The minimum Gasteiger partial charge on any atom is -0.383 e. The molecule has 0 aromatic heterocycles. The van der Waals surface area contributed by atoms with Gasteiger partial charge in [-0.2, -0.15) is 0 Å². The molecule has 5 nitrogen and oxygen atoms in total. The second-order valence-corrected chi connectivity index (χ2v) is 4.60. The molecule has 19 heavy (non-hydrogen) atoms. The van der Waals surface area contributed by atoms with E-state index in [1.54, 1.807) is 0 Å². The minimum absolute atomic E-state index is 0.182. The molecule has 3 N–H and O–H groups in total. The topological polar surface area (TPSA) is 67.6 Å². The molecule has 0 heterocycles. The molecule has 0 radical (unpaired) electrons. The lowest BCUT2D eigenvalue weighted by molar-refractivity contribution is -0.123. The van der Waals surface area contributed by atoms with E-state index >= 15 is 0 Å². The number of nitrogens with two attached hydrogens (primary N) is 1. The van der Waals surface area contributed by atoms with E-state index in [1.165, 1.54) is 7.11 Å². The van der Waals surface area contributed by atoms with E-state index in [0.29, 0.717) is 6.54 Å². The number of rotatable bonds is 7. The van der Waals surface area contributed by atoms with Crippen LogP contribution in [0, 0.1) is 0 Å². The van der Waals surface area contributed by atoms with Gasteiger partial charge in [0.15, 0.2) is 0 Å². The van der Waals surface area contributed by atoms with E-state index in [4.69, 9.17) is 10.5 Å². The third kappa shape index (κ3) is 4.89. The monoisotopic (exact) mass is 265 g/mol. The van der Waals surface area contributed by atoms with Crippen molar-refractivity contribution < 1.29 is 9.53 Å². The number of carbonyl (C=O) groups excluding carboxylic acids is 1. The van der Waals surface area contributed by atoms with E-state index in [9.17, 15) is 4.79 Å². The summed E-state index contributed by atoms with van der Waals surface area (Å²) in [7, 11) is 3.53. The van der Waals surface area contributed by atoms with Crippen LogP contribution < -0.4 is 16.0 Å². The minimum atomic E-state index is -0.612. The number of methoxy groups -OCH3 is 1. The first-order valence-corrected chi connectivity index (χ1v) is 6.36. The molecule has 106 valence electrons. The molecule has 0 saturated carbocycles. The van der Waals surface area contributed by atoms with Crippen LogP contribution in [0.4, 0.5) is 5.69 Å². The Kier molecular flexibility index (Phi) is 6.32. The van der Waals surface area contributed by atoms with Gasteiger partial charge in [-0.05, 0) is 19.1 Å². The van der Waals surface area contributed by atoms with Crippen molar-refractivity contribution in [2.45, 2.75) is 19.0 Å². The fourth-order valence-electron chi connectivity index (χ4n) is 1.69. The summed E-state index contributed by atoms with van der Waals surface area (Å²) in [6, 6.07) is 9.61. The van der Waals surface area contributed by atoms with Gasteiger partial charge in [0.05, 0.1) is 6.61 Å². The third-order valence-corrected chi connectivity index (χ3v) is 3.08. The van der Waals surface area contributed by atoms with Crippen LogP contribution >= 0.6 is 0 Å². The van der Waals surface area contributed by atoms with Gasteiger partial charge in [0.25, 0.3) is 0 Å². The lowest BCUT2D eigenvalue weighted by atomic mass is 10.2. The molecular weight excluding hydrogens is 242 g/mol. The molecule has 0 bridgehead atoms. The molecule has 0 saturated heterocycles. The number of amides is 1. The highest BCUT2D eigenvalue weighted by molar-refractivity contribution is 5.81. The number of likely N-dealkylation sites (N-methyl/N-ethyl adjacent to an activating group) is 1. The van der Waals surface area contributed by atoms with Crippen LogP contribution in [0.3, 0.4) is 0 Å². The number of hydrogen-bond acceptors (Lipinski definition) is 4. The number of nitrogens with zero attached hydrogens (tertiary/aromatic N) is 1. The fourth-order valence-corrected chi connectivity index (χ4v) is 1.69. The van der Waals surface area contributed by atoms with E-state index in [0.717, 1.165) is 5.69 Å².